The number of nitrogens with one attached hydrogen (secondary N) is 2. The van der Waals surface area contributed by atoms with E-state index in [0.717, 1.165) is 6.42 Å². The second kappa shape index (κ2) is 6.91. The van der Waals surface area contributed by atoms with Crippen molar-refractivity contribution < 1.29 is 8.42 Å². The van der Waals surface area contributed by atoms with Crippen LogP contribution in [0.2, 0.25) is 0 Å². The van der Waals surface area contributed by atoms with Crippen LogP contribution in [0.5, 0.6) is 0 Å². The van der Waals surface area contributed by atoms with Crippen molar-refractivity contribution in [2.75, 3.05) is 16.6 Å². The molecule has 2 rings (SSSR count). The topological polar surface area (TPSA) is 71.1 Å². The number of sulfonamides is 1. The highest BCUT2D eigenvalue weighted by atomic mass is 79.9. The largest absolute Gasteiger partial charge is 0.384 e. The van der Waals surface area contributed by atoms with E-state index in [-0.39, 0.29) is 4.90 Å². The van der Waals surface area contributed by atoms with Gasteiger partial charge in [-0.15, -0.1) is 0 Å². The van der Waals surface area contributed by atoms with E-state index < -0.39 is 10.0 Å². The summed E-state index contributed by atoms with van der Waals surface area (Å²) in [6, 6.07) is 8.44. The predicted octanol–water partition coefficient (Wildman–Crippen LogP) is 3.47. The van der Waals surface area contributed by atoms with Gasteiger partial charge in [-0.1, -0.05) is 19.1 Å². The molecule has 0 fully saturated rings. The normalized spacial score (nSPS) is 11.1. The molecule has 0 bridgehead atoms. The molecule has 0 aliphatic rings. The van der Waals surface area contributed by atoms with Gasteiger partial charge in [-0.3, -0.25) is 9.71 Å². The fourth-order valence-corrected chi connectivity index (χ4v) is 3.51. The number of rotatable bonds is 6. The maximum Gasteiger partial charge on any atom is 0.263 e. The molecule has 0 spiro atoms. The Labute approximate surface area is 133 Å². The van der Waals surface area contributed by atoms with E-state index in [9.17, 15) is 8.42 Å². The lowest BCUT2D eigenvalue weighted by Crippen LogP contribution is -2.16. The molecule has 1 aromatic carbocycles. The molecule has 2 N–H and O–H groups in total. The minimum absolute atomic E-state index is 0.224. The summed E-state index contributed by atoms with van der Waals surface area (Å²) in [6.07, 6.45) is 3.99. The van der Waals surface area contributed by atoms with Crippen LogP contribution in [-0.2, 0) is 10.0 Å². The molecule has 21 heavy (non-hydrogen) atoms. The molecule has 2 aromatic rings. The first-order valence-electron chi connectivity index (χ1n) is 6.50. The number of nitrogens with zero attached hydrogens (tertiary/aromatic N) is 1. The van der Waals surface area contributed by atoms with Gasteiger partial charge in [0, 0.05) is 18.9 Å². The van der Waals surface area contributed by atoms with E-state index in [2.05, 4.69) is 31.0 Å². The molecule has 0 atom stereocenters. The standard InChI is InChI=1S/C14H16BrN3O2S/c1-2-8-17-13-5-3-4-6-14(13)21(19,20)18-12-7-9-16-10-11(12)15/h3-7,9-10,17H,2,8H2,1H3,(H,16,18). The maximum absolute atomic E-state index is 12.5. The van der Waals surface area contributed by atoms with Crippen molar-refractivity contribution in [3.63, 3.8) is 0 Å². The fraction of sp³-hybridized carbons (Fsp3) is 0.214. The van der Waals surface area contributed by atoms with Crippen molar-refractivity contribution in [2.45, 2.75) is 18.2 Å². The summed E-state index contributed by atoms with van der Waals surface area (Å²) in [6.45, 7) is 2.74. The first-order chi connectivity index (χ1) is 10.0. The summed E-state index contributed by atoms with van der Waals surface area (Å²) in [5.41, 5.74) is 1.05. The van der Waals surface area contributed by atoms with E-state index in [4.69, 9.17) is 0 Å². The lowest BCUT2D eigenvalue weighted by Gasteiger charge is -2.14. The summed E-state index contributed by atoms with van der Waals surface area (Å²) in [7, 11) is -3.67. The zero-order chi connectivity index (χ0) is 15.3. The molecule has 7 heteroatoms. The third-order valence-electron chi connectivity index (χ3n) is 2.76. The molecule has 0 saturated heterocycles. The Kier molecular flexibility index (Phi) is 5.19. The smallest absolute Gasteiger partial charge is 0.263 e. The number of hydrogen-bond donors (Lipinski definition) is 2. The Bertz CT molecular complexity index is 720. The van der Waals surface area contributed by atoms with Gasteiger partial charge in [0.05, 0.1) is 15.8 Å². The number of anilines is 2. The number of benzene rings is 1. The van der Waals surface area contributed by atoms with Gasteiger partial charge in [0.1, 0.15) is 4.90 Å². The van der Waals surface area contributed by atoms with Crippen LogP contribution >= 0.6 is 15.9 Å². The molecular weight excluding hydrogens is 354 g/mol. The average molecular weight is 370 g/mol. The Morgan fingerprint density at radius 1 is 1.19 bits per heavy atom. The molecular formula is C14H16BrN3O2S. The van der Waals surface area contributed by atoms with Gasteiger partial charge in [-0.25, -0.2) is 8.42 Å². The zero-order valence-corrected chi connectivity index (χ0v) is 13.9. The maximum atomic E-state index is 12.5. The summed E-state index contributed by atoms with van der Waals surface area (Å²) in [4.78, 5) is 4.14. The first-order valence-corrected chi connectivity index (χ1v) is 8.77. The molecule has 0 saturated carbocycles. The monoisotopic (exact) mass is 369 g/mol. The van der Waals surface area contributed by atoms with Crippen LogP contribution in [0, 0.1) is 0 Å². The molecule has 1 aromatic heterocycles. The number of halogens is 1. The molecule has 112 valence electrons. The highest BCUT2D eigenvalue weighted by Gasteiger charge is 2.19. The van der Waals surface area contributed by atoms with E-state index >= 15 is 0 Å². The van der Waals surface area contributed by atoms with E-state index in [0.29, 0.717) is 22.4 Å². The summed E-state index contributed by atoms with van der Waals surface area (Å²) in [5, 5.41) is 3.13. The highest BCUT2D eigenvalue weighted by molar-refractivity contribution is 9.10. The van der Waals surface area contributed by atoms with Crippen LogP contribution in [0.1, 0.15) is 13.3 Å². The van der Waals surface area contributed by atoms with Crippen LogP contribution in [0.4, 0.5) is 11.4 Å². The summed E-state index contributed by atoms with van der Waals surface area (Å²) in [5.74, 6) is 0. The predicted molar refractivity (Wildman–Crippen MR) is 88.0 cm³/mol. The number of para-hydroxylation sites is 1. The third-order valence-corrected chi connectivity index (χ3v) is 4.81. The molecule has 0 amide bonds. The highest BCUT2D eigenvalue weighted by Crippen LogP contribution is 2.26. The molecule has 5 nitrogen and oxygen atoms in total. The summed E-state index contributed by atoms with van der Waals surface area (Å²) < 4.78 is 28.2. The SMILES string of the molecule is CCCNc1ccccc1S(=O)(=O)Nc1ccncc1Br. The van der Waals surface area contributed by atoms with Crippen LogP contribution in [-0.4, -0.2) is 19.9 Å². The van der Waals surface area contributed by atoms with Gasteiger partial charge in [0.15, 0.2) is 0 Å². The van der Waals surface area contributed by atoms with Crippen LogP contribution in [0.15, 0.2) is 52.1 Å². The second-order valence-electron chi connectivity index (χ2n) is 4.38. The fourth-order valence-electron chi connectivity index (χ4n) is 1.76. The Morgan fingerprint density at radius 2 is 1.95 bits per heavy atom. The average Bonchev–Trinajstić information content (AvgIpc) is 2.47. The first kappa shape index (κ1) is 15.8. The lowest BCUT2D eigenvalue weighted by atomic mass is 10.3. The Morgan fingerprint density at radius 3 is 2.67 bits per heavy atom. The molecule has 0 aliphatic carbocycles. The number of pyridine rings is 1. The molecule has 0 radical (unpaired) electrons. The van der Waals surface area contributed by atoms with E-state index in [1.165, 1.54) is 6.20 Å². The number of hydrogen-bond acceptors (Lipinski definition) is 4. The molecule has 0 unspecified atom stereocenters. The lowest BCUT2D eigenvalue weighted by molar-refractivity contribution is 0.601. The number of aromatic nitrogens is 1. The van der Waals surface area contributed by atoms with Crippen molar-refractivity contribution in [1.29, 1.82) is 0 Å². The van der Waals surface area contributed by atoms with Crippen molar-refractivity contribution in [2.24, 2.45) is 0 Å². The van der Waals surface area contributed by atoms with Crippen molar-refractivity contribution in [3.05, 3.63) is 47.2 Å². The minimum Gasteiger partial charge on any atom is -0.384 e. The zero-order valence-electron chi connectivity index (χ0n) is 11.5. The van der Waals surface area contributed by atoms with Crippen molar-refractivity contribution in [3.8, 4) is 0 Å². The quantitative estimate of drug-likeness (QED) is 0.817. The molecule has 0 aliphatic heterocycles. The van der Waals surface area contributed by atoms with E-state index in [1.54, 1.807) is 36.5 Å². The van der Waals surface area contributed by atoms with Crippen LogP contribution in [0.25, 0.3) is 0 Å². The van der Waals surface area contributed by atoms with Gasteiger partial charge < -0.3 is 5.32 Å². The molecule has 1 heterocycles. The van der Waals surface area contributed by atoms with Gasteiger partial charge in [0.2, 0.25) is 0 Å². The van der Waals surface area contributed by atoms with Gasteiger partial charge >= 0.3 is 0 Å². The third kappa shape index (κ3) is 3.95. The van der Waals surface area contributed by atoms with Crippen molar-refractivity contribution >= 4 is 37.3 Å². The minimum atomic E-state index is -3.67. The van der Waals surface area contributed by atoms with Gasteiger partial charge in [0.25, 0.3) is 10.0 Å². The summed E-state index contributed by atoms with van der Waals surface area (Å²) >= 11 is 3.28. The van der Waals surface area contributed by atoms with Crippen molar-refractivity contribution in [1.82, 2.24) is 4.98 Å². The second-order valence-corrected chi connectivity index (χ2v) is 6.89. The van der Waals surface area contributed by atoms with Gasteiger partial charge in [-0.05, 0) is 40.5 Å². The van der Waals surface area contributed by atoms with Crippen LogP contribution in [0.3, 0.4) is 0 Å². The van der Waals surface area contributed by atoms with Crippen LogP contribution < -0.4 is 10.0 Å². The Hall–Kier alpha value is -1.60. The Balaban J connectivity index is 2.34. The van der Waals surface area contributed by atoms with E-state index in [1.807, 2.05) is 6.92 Å². The van der Waals surface area contributed by atoms with Gasteiger partial charge in [-0.2, -0.15) is 0 Å².